The number of aryl methyl sites for hydroxylation is 1. The van der Waals surface area contributed by atoms with Gasteiger partial charge in [0.2, 0.25) is 11.8 Å². The van der Waals surface area contributed by atoms with Crippen molar-refractivity contribution in [2.75, 3.05) is 6.61 Å². The van der Waals surface area contributed by atoms with E-state index in [1.165, 1.54) is 6.42 Å². The molecule has 0 spiro atoms. The van der Waals surface area contributed by atoms with E-state index in [0.717, 1.165) is 28.0 Å². The molecule has 0 radical (unpaired) electrons. The van der Waals surface area contributed by atoms with Gasteiger partial charge in [-0.05, 0) is 98.9 Å². The van der Waals surface area contributed by atoms with Gasteiger partial charge in [-0.2, -0.15) is 0 Å². The molecule has 2 bridgehead atoms. The number of aliphatic imine (C=N–C) groups is 1. The molecule has 7 rings (SSSR count). The van der Waals surface area contributed by atoms with Gasteiger partial charge in [-0.1, -0.05) is 26.0 Å². The Morgan fingerprint density at radius 3 is 2.71 bits per heavy atom. The molecular formula is C30H39BN2O4S. The third-order valence-electron chi connectivity index (χ3n) is 9.56. The number of hydrogen-bond acceptors (Lipinski definition) is 6. The summed E-state index contributed by atoms with van der Waals surface area (Å²) in [6, 6.07) is 10.3. The molecule has 4 fully saturated rings. The fourth-order valence-electron chi connectivity index (χ4n) is 7.11. The number of nitrogens with zero attached hydrogens (tertiary/aromatic N) is 1. The summed E-state index contributed by atoms with van der Waals surface area (Å²) in [7, 11) is -0.491. The van der Waals surface area contributed by atoms with E-state index in [0.29, 0.717) is 37.2 Å². The zero-order valence-electron chi connectivity index (χ0n) is 23.4. The molecule has 2 aromatic rings. The standard InChI is InChI=1S/C30H39BN2O4S/c1-18-9-10-19(27-33-28(2,3)17-35-27)12-20(18)13-25(32-26(34)16-22-8-7-11-38-22)31-36-24-15-21-14-23(29(21,4)5)30(24,6)37-31/h7-12,21,23-25H,13-17H2,1-6H3,(H,32,34). The second-order valence-electron chi connectivity index (χ2n) is 13.1. The highest BCUT2D eigenvalue weighted by atomic mass is 32.1. The topological polar surface area (TPSA) is 69.2 Å². The number of benzene rings is 1. The number of rotatable bonds is 7. The summed E-state index contributed by atoms with van der Waals surface area (Å²) in [6.45, 7) is 13.8. The molecular weight excluding hydrogens is 495 g/mol. The van der Waals surface area contributed by atoms with Crippen LogP contribution >= 0.6 is 11.3 Å². The first-order valence-electron chi connectivity index (χ1n) is 13.9. The first kappa shape index (κ1) is 26.1. The van der Waals surface area contributed by atoms with E-state index in [4.69, 9.17) is 19.0 Å². The highest BCUT2D eigenvalue weighted by Crippen LogP contribution is 2.65. The van der Waals surface area contributed by atoms with Crippen LogP contribution in [0.2, 0.25) is 0 Å². The van der Waals surface area contributed by atoms with E-state index >= 15 is 0 Å². The predicted octanol–water partition coefficient (Wildman–Crippen LogP) is 5.15. The average Bonchev–Trinajstić information content (AvgIpc) is 3.57. The number of thiophene rings is 1. The lowest BCUT2D eigenvalue weighted by molar-refractivity contribution is -0.199. The van der Waals surface area contributed by atoms with Crippen molar-refractivity contribution >= 4 is 30.3 Å². The molecule has 8 heteroatoms. The first-order chi connectivity index (χ1) is 17.9. The highest BCUT2D eigenvalue weighted by Gasteiger charge is 2.68. The van der Waals surface area contributed by atoms with Gasteiger partial charge in [0.25, 0.3) is 0 Å². The molecule has 1 aromatic carbocycles. The molecule has 1 amide bonds. The Labute approximate surface area is 230 Å². The Balaban J connectivity index is 1.27. The van der Waals surface area contributed by atoms with Gasteiger partial charge in [-0.15, -0.1) is 11.3 Å². The quantitative estimate of drug-likeness (QED) is 0.499. The molecule has 3 saturated carbocycles. The fraction of sp³-hybridized carbons (Fsp3) is 0.600. The van der Waals surface area contributed by atoms with Gasteiger partial charge in [0.15, 0.2) is 0 Å². The zero-order chi connectivity index (χ0) is 26.9. The van der Waals surface area contributed by atoms with Crippen LogP contribution in [0.4, 0.5) is 0 Å². The summed E-state index contributed by atoms with van der Waals surface area (Å²) < 4.78 is 19.4. The second-order valence-corrected chi connectivity index (χ2v) is 14.2. The molecule has 5 atom stereocenters. The summed E-state index contributed by atoms with van der Waals surface area (Å²) in [6.07, 6.45) is 3.26. The van der Waals surface area contributed by atoms with Crippen LogP contribution in [0.5, 0.6) is 0 Å². The molecule has 3 heterocycles. The largest absolute Gasteiger partial charge is 0.482 e. The third kappa shape index (κ3) is 4.52. The number of hydrogen-bond donors (Lipinski definition) is 1. The maximum atomic E-state index is 13.2. The average molecular weight is 535 g/mol. The van der Waals surface area contributed by atoms with Crippen LogP contribution < -0.4 is 5.32 Å². The number of amides is 1. The van der Waals surface area contributed by atoms with E-state index in [-0.39, 0.29) is 34.5 Å². The molecule has 202 valence electrons. The third-order valence-corrected chi connectivity index (χ3v) is 10.4. The van der Waals surface area contributed by atoms with Crippen molar-refractivity contribution < 1.29 is 18.8 Å². The minimum atomic E-state index is -0.491. The Kier molecular flexibility index (Phi) is 6.32. The van der Waals surface area contributed by atoms with Crippen LogP contribution in [-0.2, 0) is 31.7 Å². The monoisotopic (exact) mass is 534 g/mol. The summed E-state index contributed by atoms with van der Waals surface area (Å²) >= 11 is 1.60. The van der Waals surface area contributed by atoms with Crippen molar-refractivity contribution in [2.45, 2.75) is 90.4 Å². The van der Waals surface area contributed by atoms with Gasteiger partial charge in [-0.25, -0.2) is 4.99 Å². The van der Waals surface area contributed by atoms with Crippen molar-refractivity contribution in [3.05, 3.63) is 57.3 Å². The minimum absolute atomic E-state index is 0.00615. The van der Waals surface area contributed by atoms with E-state index in [1.807, 2.05) is 17.5 Å². The summed E-state index contributed by atoms with van der Waals surface area (Å²) in [5.41, 5.74) is 2.99. The molecule has 38 heavy (non-hydrogen) atoms. The maximum Gasteiger partial charge on any atom is 0.482 e. The lowest BCUT2D eigenvalue weighted by Crippen LogP contribution is -2.65. The number of carbonyl (C=O) groups excluding carboxylic acids is 1. The molecule has 3 aliphatic carbocycles. The van der Waals surface area contributed by atoms with Crippen LogP contribution in [0.1, 0.15) is 69.0 Å². The molecule has 5 unspecified atom stereocenters. The van der Waals surface area contributed by atoms with Crippen LogP contribution in [0.25, 0.3) is 0 Å². The predicted molar refractivity (Wildman–Crippen MR) is 152 cm³/mol. The SMILES string of the molecule is Cc1ccc(C2=NC(C)(C)CO2)cc1CC(NC(=O)Cc1cccs1)B1OC2CC3CC(C3(C)C)C2(C)O1. The summed E-state index contributed by atoms with van der Waals surface area (Å²) in [5.74, 6) is 1.52. The molecule has 5 aliphatic rings. The van der Waals surface area contributed by atoms with E-state index in [1.54, 1.807) is 11.3 Å². The van der Waals surface area contributed by atoms with Crippen LogP contribution in [0.3, 0.4) is 0 Å². The van der Waals surface area contributed by atoms with Crippen LogP contribution in [0.15, 0.2) is 40.7 Å². The lowest BCUT2D eigenvalue weighted by atomic mass is 9.43. The maximum absolute atomic E-state index is 13.2. The highest BCUT2D eigenvalue weighted by molar-refractivity contribution is 7.10. The molecule has 2 aliphatic heterocycles. The van der Waals surface area contributed by atoms with Gasteiger partial charge in [0.05, 0.1) is 29.6 Å². The Bertz CT molecular complexity index is 1260. The molecule has 1 aromatic heterocycles. The lowest BCUT2D eigenvalue weighted by Gasteiger charge is -2.64. The van der Waals surface area contributed by atoms with E-state index in [2.05, 4.69) is 65.1 Å². The molecule has 1 saturated heterocycles. The van der Waals surface area contributed by atoms with Gasteiger partial charge < -0.3 is 19.4 Å². The van der Waals surface area contributed by atoms with E-state index in [9.17, 15) is 4.79 Å². The number of ether oxygens (including phenoxy) is 1. The van der Waals surface area contributed by atoms with Gasteiger partial charge in [0, 0.05) is 10.4 Å². The second kappa shape index (κ2) is 9.21. The van der Waals surface area contributed by atoms with Crippen molar-refractivity contribution in [1.82, 2.24) is 5.32 Å². The normalized spacial score (nSPS) is 31.2. The van der Waals surface area contributed by atoms with Crippen LogP contribution in [0, 0.1) is 24.2 Å². The number of nitrogens with one attached hydrogen (secondary N) is 1. The van der Waals surface area contributed by atoms with Gasteiger partial charge in [0.1, 0.15) is 6.61 Å². The Hall–Kier alpha value is -2.16. The number of carbonyl (C=O) groups is 1. The van der Waals surface area contributed by atoms with Crippen molar-refractivity contribution in [3.63, 3.8) is 0 Å². The van der Waals surface area contributed by atoms with Crippen LogP contribution in [-0.4, -0.2) is 48.7 Å². The molecule has 1 N–H and O–H groups in total. The summed E-state index contributed by atoms with van der Waals surface area (Å²) in [4.78, 5) is 19.0. The Morgan fingerprint density at radius 1 is 1.21 bits per heavy atom. The van der Waals surface area contributed by atoms with Crippen molar-refractivity contribution in [2.24, 2.45) is 22.2 Å². The fourth-order valence-corrected chi connectivity index (χ4v) is 7.81. The first-order valence-corrected chi connectivity index (χ1v) is 14.8. The van der Waals surface area contributed by atoms with Gasteiger partial charge in [-0.3, -0.25) is 4.79 Å². The minimum Gasteiger partial charge on any atom is -0.475 e. The Morgan fingerprint density at radius 2 is 2.03 bits per heavy atom. The zero-order valence-corrected chi connectivity index (χ0v) is 24.2. The smallest absolute Gasteiger partial charge is 0.475 e. The van der Waals surface area contributed by atoms with Crippen molar-refractivity contribution in [3.8, 4) is 0 Å². The summed E-state index contributed by atoms with van der Waals surface area (Å²) in [5, 5.41) is 5.31. The van der Waals surface area contributed by atoms with E-state index < -0.39 is 7.12 Å². The van der Waals surface area contributed by atoms with Gasteiger partial charge >= 0.3 is 7.12 Å². The van der Waals surface area contributed by atoms with Crippen molar-refractivity contribution in [1.29, 1.82) is 0 Å². The molecule has 6 nitrogen and oxygen atoms in total.